The number of carbonyl (C=O) groups excluding carboxylic acids is 1. The topological polar surface area (TPSA) is 80.9 Å². The Morgan fingerprint density at radius 1 is 1.26 bits per heavy atom. The molecule has 0 aliphatic carbocycles. The summed E-state index contributed by atoms with van der Waals surface area (Å²) >= 11 is 1.34. The summed E-state index contributed by atoms with van der Waals surface area (Å²) in [5.74, 6) is -0.524. The molecule has 3 aromatic rings. The summed E-state index contributed by atoms with van der Waals surface area (Å²) in [6.07, 6.45) is 1.75. The molecule has 0 aliphatic rings. The highest BCUT2D eigenvalue weighted by Crippen LogP contribution is 2.26. The zero-order chi connectivity index (χ0) is 13.2. The Morgan fingerprint density at radius 2 is 2.16 bits per heavy atom. The average molecular weight is 270 g/mol. The molecule has 3 N–H and O–H groups in total. The van der Waals surface area contributed by atoms with Gasteiger partial charge >= 0.3 is 0 Å². The van der Waals surface area contributed by atoms with Gasteiger partial charge in [-0.3, -0.25) is 9.78 Å². The monoisotopic (exact) mass is 270 g/mol. The number of anilines is 2. The van der Waals surface area contributed by atoms with Gasteiger partial charge in [0, 0.05) is 22.7 Å². The quantitative estimate of drug-likeness (QED) is 0.766. The van der Waals surface area contributed by atoms with Crippen molar-refractivity contribution < 1.29 is 4.79 Å². The van der Waals surface area contributed by atoms with Gasteiger partial charge in [0.05, 0.1) is 5.52 Å². The summed E-state index contributed by atoms with van der Waals surface area (Å²) in [5.41, 5.74) is 7.25. The maximum Gasteiger partial charge on any atom is 0.268 e. The van der Waals surface area contributed by atoms with E-state index in [9.17, 15) is 4.79 Å². The number of hydrogen-bond donors (Lipinski definition) is 2. The average Bonchev–Trinajstić information content (AvgIpc) is 2.88. The zero-order valence-electron chi connectivity index (χ0n) is 9.83. The molecule has 1 aromatic carbocycles. The second-order valence-corrected chi connectivity index (χ2v) is 4.76. The Kier molecular flexibility index (Phi) is 2.85. The van der Waals surface area contributed by atoms with Crippen LogP contribution in [0.4, 0.5) is 10.8 Å². The van der Waals surface area contributed by atoms with Crippen molar-refractivity contribution in [2.45, 2.75) is 0 Å². The molecule has 1 amide bonds. The van der Waals surface area contributed by atoms with E-state index in [-0.39, 0.29) is 5.69 Å². The molecule has 19 heavy (non-hydrogen) atoms. The Bertz CT molecular complexity index is 748. The van der Waals surface area contributed by atoms with Gasteiger partial charge in [-0.15, -0.1) is 11.3 Å². The molecule has 0 spiro atoms. The fourth-order valence-electron chi connectivity index (χ4n) is 1.77. The van der Waals surface area contributed by atoms with E-state index in [1.807, 2.05) is 30.3 Å². The third kappa shape index (κ3) is 2.25. The lowest BCUT2D eigenvalue weighted by atomic mass is 10.2. The van der Waals surface area contributed by atoms with Crippen molar-refractivity contribution in [1.82, 2.24) is 9.97 Å². The van der Waals surface area contributed by atoms with Crippen molar-refractivity contribution in [2.75, 3.05) is 5.32 Å². The lowest BCUT2D eigenvalue weighted by molar-refractivity contribution is 0.0996. The summed E-state index contributed by atoms with van der Waals surface area (Å²) in [4.78, 5) is 19.4. The predicted molar refractivity (Wildman–Crippen MR) is 75.7 cm³/mol. The van der Waals surface area contributed by atoms with Gasteiger partial charge in [-0.05, 0) is 24.3 Å². The molecule has 0 bridgehead atoms. The van der Waals surface area contributed by atoms with Crippen LogP contribution in [0.1, 0.15) is 10.5 Å². The van der Waals surface area contributed by atoms with E-state index >= 15 is 0 Å². The first-order valence-corrected chi connectivity index (χ1v) is 6.48. The maximum absolute atomic E-state index is 11.0. The van der Waals surface area contributed by atoms with Crippen LogP contribution in [-0.2, 0) is 0 Å². The van der Waals surface area contributed by atoms with Crippen molar-refractivity contribution in [2.24, 2.45) is 5.73 Å². The van der Waals surface area contributed by atoms with Crippen LogP contribution in [0.2, 0.25) is 0 Å². The van der Waals surface area contributed by atoms with Gasteiger partial charge in [0.2, 0.25) is 0 Å². The number of amides is 1. The van der Waals surface area contributed by atoms with Crippen LogP contribution < -0.4 is 11.1 Å². The van der Waals surface area contributed by atoms with E-state index in [2.05, 4.69) is 15.3 Å². The molecule has 5 nitrogen and oxygen atoms in total. The largest absolute Gasteiger partial charge is 0.364 e. The predicted octanol–water partition coefficient (Wildman–Crippen LogP) is 2.53. The molecule has 2 aromatic heterocycles. The highest BCUT2D eigenvalue weighted by molar-refractivity contribution is 7.14. The molecule has 3 rings (SSSR count). The number of rotatable bonds is 3. The number of nitrogens with one attached hydrogen (secondary N) is 1. The van der Waals surface area contributed by atoms with Crippen LogP contribution in [0.5, 0.6) is 0 Å². The lowest BCUT2D eigenvalue weighted by Crippen LogP contribution is -2.11. The maximum atomic E-state index is 11.0. The van der Waals surface area contributed by atoms with Gasteiger partial charge in [-0.1, -0.05) is 6.07 Å². The normalized spacial score (nSPS) is 10.5. The summed E-state index contributed by atoms with van der Waals surface area (Å²) in [5, 5.41) is 6.45. The fourth-order valence-corrected chi connectivity index (χ4v) is 2.48. The third-order valence-corrected chi connectivity index (χ3v) is 3.40. The number of fused-ring (bicyclic) bond motifs is 1. The second kappa shape index (κ2) is 4.66. The number of benzene rings is 1. The van der Waals surface area contributed by atoms with E-state index in [0.717, 1.165) is 16.6 Å². The minimum atomic E-state index is -0.524. The molecule has 0 saturated carbocycles. The molecular weight excluding hydrogens is 260 g/mol. The minimum absolute atomic E-state index is 0.269. The van der Waals surface area contributed by atoms with E-state index in [1.165, 1.54) is 11.3 Å². The van der Waals surface area contributed by atoms with Crippen LogP contribution in [-0.4, -0.2) is 15.9 Å². The molecule has 0 unspecified atom stereocenters. The van der Waals surface area contributed by atoms with Crippen LogP contribution >= 0.6 is 11.3 Å². The number of primary amides is 1. The summed E-state index contributed by atoms with van der Waals surface area (Å²) in [6.45, 7) is 0. The number of hydrogen-bond acceptors (Lipinski definition) is 5. The number of aromatic nitrogens is 2. The first kappa shape index (κ1) is 11.6. The highest BCUT2D eigenvalue weighted by Gasteiger charge is 2.08. The number of pyridine rings is 1. The van der Waals surface area contributed by atoms with E-state index in [4.69, 9.17) is 5.73 Å². The van der Waals surface area contributed by atoms with Crippen molar-refractivity contribution in [3.05, 3.63) is 47.6 Å². The number of nitrogens with zero attached hydrogens (tertiary/aromatic N) is 2. The Labute approximate surface area is 113 Å². The Balaban J connectivity index is 1.98. The van der Waals surface area contributed by atoms with E-state index in [1.54, 1.807) is 11.6 Å². The van der Waals surface area contributed by atoms with Gasteiger partial charge in [0.15, 0.2) is 5.13 Å². The summed E-state index contributed by atoms with van der Waals surface area (Å²) in [7, 11) is 0. The van der Waals surface area contributed by atoms with Crippen LogP contribution in [0.25, 0.3) is 10.9 Å². The van der Waals surface area contributed by atoms with Gasteiger partial charge in [-0.25, -0.2) is 4.98 Å². The van der Waals surface area contributed by atoms with Crippen LogP contribution in [0.15, 0.2) is 41.9 Å². The smallest absolute Gasteiger partial charge is 0.268 e. The molecule has 6 heteroatoms. The van der Waals surface area contributed by atoms with E-state index < -0.39 is 5.91 Å². The molecular formula is C13H10N4OS. The second-order valence-electron chi connectivity index (χ2n) is 3.90. The number of thiazole rings is 1. The van der Waals surface area contributed by atoms with Crippen LogP contribution in [0.3, 0.4) is 0 Å². The first-order valence-electron chi connectivity index (χ1n) is 5.60. The standard InChI is InChI=1S/C13H10N4OS/c14-12(18)11-7-19-13(17-11)16-10-5-1-4-9-8(10)3-2-6-15-9/h1-7H,(H2,14,18)(H,16,17). The molecule has 0 radical (unpaired) electrons. The highest BCUT2D eigenvalue weighted by atomic mass is 32.1. The summed E-state index contributed by atoms with van der Waals surface area (Å²) in [6, 6.07) is 9.66. The lowest BCUT2D eigenvalue weighted by Gasteiger charge is -2.06. The van der Waals surface area contributed by atoms with Crippen LogP contribution in [0, 0.1) is 0 Å². The van der Waals surface area contributed by atoms with Crippen molar-refractivity contribution >= 4 is 39.0 Å². The van der Waals surface area contributed by atoms with Gasteiger partial charge in [-0.2, -0.15) is 0 Å². The summed E-state index contributed by atoms with van der Waals surface area (Å²) < 4.78 is 0. The fraction of sp³-hybridized carbons (Fsp3) is 0. The SMILES string of the molecule is NC(=O)c1csc(Nc2cccc3ncccc23)n1. The number of carbonyl (C=O) groups is 1. The van der Waals surface area contributed by atoms with E-state index in [0.29, 0.717) is 5.13 Å². The molecule has 94 valence electrons. The molecule has 0 saturated heterocycles. The molecule has 0 atom stereocenters. The van der Waals surface area contributed by atoms with Crippen molar-refractivity contribution in [3.8, 4) is 0 Å². The first-order chi connectivity index (χ1) is 9.24. The Hall–Kier alpha value is -2.47. The van der Waals surface area contributed by atoms with Gasteiger partial charge in [0.25, 0.3) is 5.91 Å². The Morgan fingerprint density at radius 3 is 2.95 bits per heavy atom. The molecule has 0 fully saturated rings. The van der Waals surface area contributed by atoms with Gasteiger partial charge in [0.1, 0.15) is 5.69 Å². The van der Waals surface area contributed by atoms with Crippen molar-refractivity contribution in [1.29, 1.82) is 0 Å². The molecule has 0 aliphatic heterocycles. The number of nitrogens with two attached hydrogens (primary N) is 1. The zero-order valence-corrected chi connectivity index (χ0v) is 10.6. The minimum Gasteiger partial charge on any atom is -0.364 e. The van der Waals surface area contributed by atoms with Gasteiger partial charge < -0.3 is 11.1 Å². The third-order valence-electron chi connectivity index (χ3n) is 2.64. The molecule has 2 heterocycles. The van der Waals surface area contributed by atoms with Crippen molar-refractivity contribution in [3.63, 3.8) is 0 Å².